The number of aromatic nitrogens is 2. The lowest BCUT2D eigenvalue weighted by molar-refractivity contribution is -0.114. The van der Waals surface area contributed by atoms with E-state index in [9.17, 15) is 9.59 Å². The molecule has 1 saturated carbocycles. The summed E-state index contributed by atoms with van der Waals surface area (Å²) < 4.78 is 1.70. The maximum Gasteiger partial charge on any atom is 0.274 e. The molecule has 6 nitrogen and oxygen atoms in total. The Balaban J connectivity index is 1.63. The van der Waals surface area contributed by atoms with E-state index in [0.717, 1.165) is 24.2 Å². The maximum absolute atomic E-state index is 12.9. The van der Waals surface area contributed by atoms with E-state index in [4.69, 9.17) is 0 Å². The van der Waals surface area contributed by atoms with Crippen LogP contribution < -0.4 is 10.6 Å². The second-order valence-corrected chi connectivity index (χ2v) is 6.69. The van der Waals surface area contributed by atoms with Crippen LogP contribution in [0.4, 0.5) is 11.4 Å². The van der Waals surface area contributed by atoms with Gasteiger partial charge in [-0.15, -0.1) is 0 Å². The summed E-state index contributed by atoms with van der Waals surface area (Å²) in [5, 5.41) is 10.3. The molecule has 1 aliphatic rings. The summed E-state index contributed by atoms with van der Waals surface area (Å²) in [4.78, 5) is 24.2. The summed E-state index contributed by atoms with van der Waals surface area (Å²) in [7, 11) is 0. The summed E-state index contributed by atoms with van der Waals surface area (Å²) in [6.45, 7) is 1.45. The topological polar surface area (TPSA) is 76.0 Å². The molecule has 136 valence electrons. The molecular formula is C21H20N4O2. The molecule has 1 aliphatic carbocycles. The summed E-state index contributed by atoms with van der Waals surface area (Å²) in [6, 6.07) is 18.6. The number of nitrogens with zero attached hydrogens (tertiary/aromatic N) is 2. The first-order chi connectivity index (χ1) is 13.1. The first-order valence-electron chi connectivity index (χ1n) is 8.94. The fourth-order valence-electron chi connectivity index (χ4n) is 2.98. The molecule has 0 aliphatic heterocycles. The Hall–Kier alpha value is -3.41. The molecule has 6 heteroatoms. The fraction of sp³-hybridized carbons (Fsp3) is 0.190. The molecule has 3 aromatic rings. The normalized spacial score (nSPS) is 13.2. The van der Waals surface area contributed by atoms with Gasteiger partial charge in [-0.05, 0) is 49.2 Å². The van der Waals surface area contributed by atoms with Crippen molar-refractivity contribution in [2.24, 2.45) is 0 Å². The van der Waals surface area contributed by atoms with Gasteiger partial charge in [0.25, 0.3) is 5.91 Å². The minimum Gasteiger partial charge on any atom is -0.326 e. The van der Waals surface area contributed by atoms with Gasteiger partial charge in [-0.2, -0.15) is 5.10 Å². The van der Waals surface area contributed by atoms with E-state index in [0.29, 0.717) is 23.0 Å². The van der Waals surface area contributed by atoms with Crippen LogP contribution in [0.3, 0.4) is 0 Å². The van der Waals surface area contributed by atoms with E-state index in [2.05, 4.69) is 15.7 Å². The summed E-state index contributed by atoms with van der Waals surface area (Å²) in [5.74, 6) is 0.0533. The van der Waals surface area contributed by atoms with Crippen molar-refractivity contribution in [2.75, 3.05) is 10.6 Å². The second kappa shape index (κ2) is 7.07. The molecule has 0 saturated heterocycles. The highest BCUT2D eigenvalue weighted by Gasteiger charge is 2.29. The van der Waals surface area contributed by atoms with Gasteiger partial charge in [0, 0.05) is 24.2 Å². The average Bonchev–Trinajstić information content (AvgIpc) is 3.40. The van der Waals surface area contributed by atoms with E-state index in [1.165, 1.54) is 6.92 Å². The number of carbonyl (C=O) groups excluding carboxylic acids is 2. The molecular weight excluding hydrogens is 340 g/mol. The third kappa shape index (κ3) is 3.89. The van der Waals surface area contributed by atoms with Gasteiger partial charge >= 0.3 is 0 Å². The van der Waals surface area contributed by atoms with Gasteiger partial charge in [-0.3, -0.25) is 9.59 Å². The summed E-state index contributed by atoms with van der Waals surface area (Å²) in [5.41, 5.74) is 3.54. The summed E-state index contributed by atoms with van der Waals surface area (Å²) >= 11 is 0. The Kier molecular flexibility index (Phi) is 4.46. The molecule has 27 heavy (non-hydrogen) atoms. The third-order valence-electron chi connectivity index (χ3n) is 4.40. The lowest BCUT2D eigenvalue weighted by atomic mass is 10.2. The number of benzene rings is 2. The van der Waals surface area contributed by atoms with Crippen molar-refractivity contribution in [3.63, 3.8) is 0 Å². The van der Waals surface area contributed by atoms with Crippen LogP contribution in [-0.2, 0) is 4.79 Å². The van der Waals surface area contributed by atoms with E-state index in [1.807, 2.05) is 36.4 Å². The van der Waals surface area contributed by atoms with Crippen LogP contribution in [0.5, 0.6) is 0 Å². The molecule has 0 bridgehead atoms. The quantitative estimate of drug-likeness (QED) is 0.723. The highest BCUT2D eigenvalue weighted by Crippen LogP contribution is 2.39. The first-order valence-corrected chi connectivity index (χ1v) is 8.94. The van der Waals surface area contributed by atoms with Gasteiger partial charge < -0.3 is 10.6 Å². The highest BCUT2D eigenvalue weighted by molar-refractivity contribution is 6.04. The molecule has 0 unspecified atom stereocenters. The Morgan fingerprint density at radius 1 is 0.963 bits per heavy atom. The number of para-hydroxylation sites is 1. The fourth-order valence-corrected chi connectivity index (χ4v) is 2.98. The van der Waals surface area contributed by atoms with Crippen LogP contribution in [0.25, 0.3) is 5.69 Å². The SMILES string of the molecule is CC(=O)Nc1cccc(NC(=O)c2cc(C3CC3)nn2-c2ccccc2)c1. The largest absolute Gasteiger partial charge is 0.326 e. The molecule has 2 amide bonds. The van der Waals surface area contributed by atoms with Crippen LogP contribution >= 0.6 is 0 Å². The van der Waals surface area contributed by atoms with Gasteiger partial charge in [0.1, 0.15) is 5.69 Å². The number of anilines is 2. The van der Waals surface area contributed by atoms with Crippen molar-refractivity contribution >= 4 is 23.2 Å². The van der Waals surface area contributed by atoms with Crippen LogP contribution in [-0.4, -0.2) is 21.6 Å². The van der Waals surface area contributed by atoms with Gasteiger partial charge in [-0.25, -0.2) is 4.68 Å². The van der Waals surface area contributed by atoms with Gasteiger partial charge in [0.15, 0.2) is 0 Å². The average molecular weight is 360 g/mol. The zero-order valence-electron chi connectivity index (χ0n) is 15.0. The van der Waals surface area contributed by atoms with Gasteiger partial charge in [0.2, 0.25) is 5.91 Å². The molecule has 0 spiro atoms. The lowest BCUT2D eigenvalue weighted by Crippen LogP contribution is -2.17. The van der Waals surface area contributed by atoms with Crippen molar-refractivity contribution < 1.29 is 9.59 Å². The van der Waals surface area contributed by atoms with Crippen molar-refractivity contribution in [1.29, 1.82) is 0 Å². The predicted molar refractivity (Wildman–Crippen MR) is 104 cm³/mol. The number of amides is 2. The van der Waals surface area contributed by atoms with Gasteiger partial charge in [0.05, 0.1) is 11.4 Å². The van der Waals surface area contributed by atoms with Crippen LogP contribution in [0, 0.1) is 0 Å². The monoisotopic (exact) mass is 360 g/mol. The van der Waals surface area contributed by atoms with E-state index >= 15 is 0 Å². The van der Waals surface area contributed by atoms with Crippen molar-refractivity contribution in [3.05, 3.63) is 72.1 Å². The summed E-state index contributed by atoms with van der Waals surface area (Å²) in [6.07, 6.45) is 2.23. The zero-order valence-corrected chi connectivity index (χ0v) is 15.0. The highest BCUT2D eigenvalue weighted by atomic mass is 16.2. The molecule has 2 N–H and O–H groups in total. The number of nitrogens with one attached hydrogen (secondary N) is 2. The van der Waals surface area contributed by atoms with E-state index in [1.54, 1.807) is 28.9 Å². The number of hydrogen-bond acceptors (Lipinski definition) is 3. The predicted octanol–water partition coefficient (Wildman–Crippen LogP) is 3.96. The van der Waals surface area contributed by atoms with E-state index < -0.39 is 0 Å². The van der Waals surface area contributed by atoms with Crippen molar-refractivity contribution in [3.8, 4) is 5.69 Å². The molecule has 1 heterocycles. The van der Waals surface area contributed by atoms with Gasteiger partial charge in [-0.1, -0.05) is 24.3 Å². The lowest BCUT2D eigenvalue weighted by Gasteiger charge is -2.09. The zero-order chi connectivity index (χ0) is 18.8. The molecule has 1 aromatic heterocycles. The second-order valence-electron chi connectivity index (χ2n) is 6.69. The first kappa shape index (κ1) is 17.0. The number of hydrogen-bond donors (Lipinski definition) is 2. The number of carbonyl (C=O) groups is 2. The number of rotatable bonds is 5. The Labute approximate surface area is 157 Å². The van der Waals surface area contributed by atoms with E-state index in [-0.39, 0.29) is 11.8 Å². The van der Waals surface area contributed by atoms with Crippen LogP contribution in [0.1, 0.15) is 41.9 Å². The van der Waals surface area contributed by atoms with Crippen molar-refractivity contribution in [1.82, 2.24) is 9.78 Å². The standard InChI is InChI=1S/C21H20N4O2/c1-14(26)22-16-6-5-7-17(12-16)23-21(27)20-13-19(15-10-11-15)24-25(20)18-8-3-2-4-9-18/h2-9,12-13,15H,10-11H2,1H3,(H,22,26)(H,23,27). The minimum atomic E-state index is -0.238. The molecule has 0 atom stereocenters. The molecule has 4 rings (SSSR count). The van der Waals surface area contributed by atoms with Crippen LogP contribution in [0.15, 0.2) is 60.7 Å². The molecule has 2 aromatic carbocycles. The third-order valence-corrected chi connectivity index (χ3v) is 4.40. The van der Waals surface area contributed by atoms with Crippen molar-refractivity contribution in [2.45, 2.75) is 25.7 Å². The minimum absolute atomic E-state index is 0.158. The van der Waals surface area contributed by atoms with Crippen LogP contribution in [0.2, 0.25) is 0 Å². The Bertz CT molecular complexity index is 990. The maximum atomic E-state index is 12.9. The molecule has 1 fully saturated rings. The smallest absolute Gasteiger partial charge is 0.274 e. The Morgan fingerprint density at radius 2 is 1.67 bits per heavy atom. The molecule has 0 radical (unpaired) electrons. The Morgan fingerprint density at radius 3 is 2.33 bits per heavy atom.